The van der Waals surface area contributed by atoms with Crippen molar-refractivity contribution in [1.82, 2.24) is 14.4 Å². The first kappa shape index (κ1) is 16.9. The highest BCUT2D eigenvalue weighted by molar-refractivity contribution is 9.10. The van der Waals surface area contributed by atoms with Crippen molar-refractivity contribution in [1.29, 1.82) is 0 Å². The Balaban J connectivity index is 1.84. The van der Waals surface area contributed by atoms with Gasteiger partial charge in [-0.3, -0.25) is 14.1 Å². The summed E-state index contributed by atoms with van der Waals surface area (Å²) in [7, 11) is 0. The van der Waals surface area contributed by atoms with Crippen LogP contribution >= 0.6 is 15.9 Å². The molecule has 0 aliphatic carbocycles. The van der Waals surface area contributed by atoms with Crippen LogP contribution in [0.3, 0.4) is 0 Å². The monoisotopic (exact) mass is 422 g/mol. The average molecular weight is 423 g/mol. The van der Waals surface area contributed by atoms with E-state index in [0.717, 1.165) is 11.8 Å². The first-order chi connectivity index (χ1) is 12.4. The summed E-state index contributed by atoms with van der Waals surface area (Å²) in [5.74, 6) is -2.72. The van der Waals surface area contributed by atoms with Crippen LogP contribution in [0.4, 0.5) is 14.5 Å². The number of anilines is 1. The zero-order valence-electron chi connectivity index (χ0n) is 13.8. The number of hydrogen-bond donors (Lipinski definition) is 0. The molecule has 6 nitrogen and oxygen atoms in total. The quantitative estimate of drug-likeness (QED) is 0.634. The van der Waals surface area contributed by atoms with Gasteiger partial charge in [0.1, 0.15) is 4.60 Å². The van der Waals surface area contributed by atoms with Crippen LogP contribution in [0.25, 0.3) is 5.65 Å². The number of fused-ring (bicyclic) bond motifs is 2. The van der Waals surface area contributed by atoms with Crippen LogP contribution in [0, 0.1) is 18.6 Å². The summed E-state index contributed by atoms with van der Waals surface area (Å²) < 4.78 is 35.4. The summed E-state index contributed by atoms with van der Waals surface area (Å²) in [6.45, 7) is 3.45. The topological polar surface area (TPSA) is 59.7 Å². The Labute approximate surface area is 155 Å². The maximum Gasteiger partial charge on any atom is 0.268 e. The number of carbonyl (C=O) groups is 1. The van der Waals surface area contributed by atoms with E-state index in [-0.39, 0.29) is 23.9 Å². The molecule has 1 atom stereocenters. The predicted octanol–water partition coefficient (Wildman–Crippen LogP) is 3.39. The molecule has 9 heteroatoms. The highest BCUT2D eigenvalue weighted by Crippen LogP contribution is 2.38. The molecule has 0 spiro atoms. The Morgan fingerprint density at radius 2 is 2.12 bits per heavy atom. The Kier molecular flexibility index (Phi) is 3.91. The molecular weight excluding hydrogens is 410 g/mol. The van der Waals surface area contributed by atoms with E-state index in [0.29, 0.717) is 15.9 Å². The number of hydrogen-bond acceptors (Lipinski definition) is 4. The number of rotatable bonds is 2. The lowest BCUT2D eigenvalue weighted by Crippen LogP contribution is -2.44. The second-order valence-corrected chi connectivity index (χ2v) is 6.79. The Morgan fingerprint density at radius 3 is 2.88 bits per heavy atom. The van der Waals surface area contributed by atoms with Crippen molar-refractivity contribution in [3.8, 4) is 5.75 Å². The third kappa shape index (κ3) is 2.54. The van der Waals surface area contributed by atoms with Crippen LogP contribution in [-0.2, 0) is 11.3 Å². The standard InChI is InChI=1S/C17H13BrF2N4O2/c1-8-12(23-7-13(18)21-5-14(23)22-8)6-24-11-4-3-10(19)15(20)16(11)26-9(2)17(24)25/h3-5,7,9H,6H2,1-2H3/t9-/m1/s1. The zero-order valence-corrected chi connectivity index (χ0v) is 15.4. The first-order valence-corrected chi connectivity index (χ1v) is 8.61. The number of halogens is 3. The number of aromatic nitrogens is 3. The molecule has 0 N–H and O–H groups in total. The smallest absolute Gasteiger partial charge is 0.268 e. The fourth-order valence-electron chi connectivity index (χ4n) is 3.01. The third-order valence-electron chi connectivity index (χ3n) is 4.31. The van der Waals surface area contributed by atoms with E-state index < -0.39 is 17.7 Å². The summed E-state index contributed by atoms with van der Waals surface area (Å²) in [6.07, 6.45) is 2.42. The van der Waals surface area contributed by atoms with Crippen LogP contribution in [0.1, 0.15) is 18.3 Å². The molecule has 3 heterocycles. The number of nitrogens with zero attached hydrogens (tertiary/aromatic N) is 4. The molecule has 0 saturated heterocycles. The summed E-state index contributed by atoms with van der Waals surface area (Å²) in [6, 6.07) is 2.32. The van der Waals surface area contributed by atoms with Gasteiger partial charge in [-0.25, -0.2) is 14.4 Å². The van der Waals surface area contributed by atoms with Crippen LogP contribution in [0.2, 0.25) is 0 Å². The lowest BCUT2D eigenvalue weighted by atomic mass is 10.1. The number of benzene rings is 1. The van der Waals surface area contributed by atoms with Gasteiger partial charge in [0.15, 0.2) is 23.3 Å². The fourth-order valence-corrected chi connectivity index (χ4v) is 3.32. The van der Waals surface area contributed by atoms with Gasteiger partial charge in [0.2, 0.25) is 5.82 Å². The van der Waals surface area contributed by atoms with E-state index in [9.17, 15) is 13.6 Å². The molecule has 0 saturated carbocycles. The summed E-state index contributed by atoms with van der Waals surface area (Å²) in [4.78, 5) is 22.6. The van der Waals surface area contributed by atoms with Crippen molar-refractivity contribution >= 4 is 33.2 Å². The van der Waals surface area contributed by atoms with Gasteiger partial charge in [-0.05, 0) is 41.9 Å². The van der Waals surface area contributed by atoms with E-state index >= 15 is 0 Å². The van der Waals surface area contributed by atoms with E-state index in [2.05, 4.69) is 25.9 Å². The maximum atomic E-state index is 14.2. The second kappa shape index (κ2) is 6.01. The lowest BCUT2D eigenvalue weighted by molar-refractivity contribution is -0.125. The van der Waals surface area contributed by atoms with Gasteiger partial charge in [0, 0.05) is 6.20 Å². The van der Waals surface area contributed by atoms with Crippen molar-refractivity contribution in [2.24, 2.45) is 0 Å². The minimum atomic E-state index is -1.10. The van der Waals surface area contributed by atoms with Crippen LogP contribution < -0.4 is 9.64 Å². The molecule has 1 aliphatic heterocycles. The zero-order chi connectivity index (χ0) is 18.6. The molecule has 134 valence electrons. The molecule has 0 unspecified atom stereocenters. The molecule has 4 rings (SSSR count). The normalized spacial score (nSPS) is 16.7. The molecule has 26 heavy (non-hydrogen) atoms. The SMILES string of the molecule is Cc1nc2cnc(Br)cn2c1CN1C(=O)[C@@H](C)Oc2c1ccc(F)c2F. The van der Waals surface area contributed by atoms with E-state index in [1.54, 1.807) is 16.8 Å². The summed E-state index contributed by atoms with van der Waals surface area (Å²) >= 11 is 3.31. The van der Waals surface area contributed by atoms with Gasteiger partial charge in [-0.15, -0.1) is 0 Å². The number of aryl methyl sites for hydroxylation is 1. The van der Waals surface area contributed by atoms with Gasteiger partial charge in [-0.2, -0.15) is 4.39 Å². The van der Waals surface area contributed by atoms with Crippen LogP contribution in [0.15, 0.2) is 29.1 Å². The first-order valence-electron chi connectivity index (χ1n) is 7.82. The van der Waals surface area contributed by atoms with Crippen molar-refractivity contribution < 1.29 is 18.3 Å². The molecule has 1 amide bonds. The Bertz CT molecular complexity index is 1050. The molecule has 1 aromatic carbocycles. The predicted molar refractivity (Wildman–Crippen MR) is 93.1 cm³/mol. The van der Waals surface area contributed by atoms with Gasteiger partial charge >= 0.3 is 0 Å². The highest BCUT2D eigenvalue weighted by atomic mass is 79.9. The minimum absolute atomic E-state index is 0.133. The Morgan fingerprint density at radius 1 is 1.35 bits per heavy atom. The third-order valence-corrected chi connectivity index (χ3v) is 4.72. The van der Waals surface area contributed by atoms with Crippen molar-refractivity contribution in [2.45, 2.75) is 26.5 Å². The van der Waals surface area contributed by atoms with Gasteiger partial charge in [0.05, 0.1) is 29.8 Å². The van der Waals surface area contributed by atoms with E-state index in [4.69, 9.17) is 4.74 Å². The van der Waals surface area contributed by atoms with E-state index in [1.807, 2.05) is 6.92 Å². The van der Waals surface area contributed by atoms with Gasteiger partial charge < -0.3 is 4.74 Å². The molecule has 0 fully saturated rings. The largest absolute Gasteiger partial charge is 0.475 e. The minimum Gasteiger partial charge on any atom is -0.475 e. The number of amides is 1. The van der Waals surface area contributed by atoms with Crippen molar-refractivity contribution in [3.63, 3.8) is 0 Å². The van der Waals surface area contributed by atoms with Crippen LogP contribution in [0.5, 0.6) is 5.75 Å². The number of imidazole rings is 1. The summed E-state index contributed by atoms with van der Waals surface area (Å²) in [5.41, 5.74) is 2.26. The molecule has 1 aliphatic rings. The molecule has 0 radical (unpaired) electrons. The summed E-state index contributed by atoms with van der Waals surface area (Å²) in [5, 5.41) is 0. The number of carbonyl (C=O) groups excluding carboxylic acids is 1. The fraction of sp³-hybridized carbons (Fsp3) is 0.235. The molecular formula is C17H13BrF2N4O2. The van der Waals surface area contributed by atoms with Crippen molar-refractivity contribution in [3.05, 3.63) is 52.2 Å². The van der Waals surface area contributed by atoms with Crippen molar-refractivity contribution in [2.75, 3.05) is 4.90 Å². The van der Waals surface area contributed by atoms with Gasteiger partial charge in [0.25, 0.3) is 5.91 Å². The average Bonchev–Trinajstić information content (AvgIpc) is 2.90. The molecule has 0 bridgehead atoms. The lowest BCUT2D eigenvalue weighted by Gasteiger charge is -2.33. The Hall–Kier alpha value is -2.55. The second-order valence-electron chi connectivity index (χ2n) is 5.98. The number of ether oxygens (including phenoxy) is 1. The molecule has 3 aromatic rings. The maximum absolute atomic E-state index is 14.2. The van der Waals surface area contributed by atoms with Crippen LogP contribution in [-0.4, -0.2) is 26.4 Å². The van der Waals surface area contributed by atoms with Gasteiger partial charge in [-0.1, -0.05) is 0 Å². The van der Waals surface area contributed by atoms with E-state index in [1.165, 1.54) is 17.9 Å². The highest BCUT2D eigenvalue weighted by Gasteiger charge is 2.35. The molecule has 2 aromatic heterocycles.